The predicted octanol–water partition coefficient (Wildman–Crippen LogP) is 9.02. The van der Waals surface area contributed by atoms with E-state index in [4.69, 9.17) is 9.47 Å². The Bertz CT molecular complexity index is 1730. The molecule has 1 saturated heterocycles. The fourth-order valence-electron chi connectivity index (χ4n) is 5.87. The highest BCUT2D eigenvalue weighted by Crippen LogP contribution is 2.50. The molecule has 13 heteroatoms. The van der Waals surface area contributed by atoms with Crippen molar-refractivity contribution in [2.75, 3.05) is 25.2 Å². The molecule has 244 valence electrons. The molecule has 0 N–H and O–H groups in total. The van der Waals surface area contributed by atoms with E-state index in [1.165, 1.54) is 50.4 Å². The molecule has 1 aliphatic carbocycles. The first kappa shape index (κ1) is 33.6. The maximum atomic E-state index is 14.2. The maximum absolute atomic E-state index is 14.2. The Balaban J connectivity index is 1.65. The molecule has 5 rings (SSSR count). The number of aryl methyl sites for hydroxylation is 1. The molecule has 2 aromatic carbocycles. The van der Waals surface area contributed by atoms with Crippen LogP contribution in [0.5, 0.6) is 0 Å². The van der Waals surface area contributed by atoms with Crippen LogP contribution in [0.2, 0.25) is 0 Å². The minimum absolute atomic E-state index is 0.00576. The van der Waals surface area contributed by atoms with E-state index in [1.807, 2.05) is 6.08 Å². The second kappa shape index (κ2) is 11.8. The summed E-state index contributed by atoms with van der Waals surface area (Å²) in [6.07, 6.45) is -6.90. The van der Waals surface area contributed by atoms with Crippen molar-refractivity contribution in [3.8, 4) is 16.5 Å². The molecule has 1 amide bonds. The van der Waals surface area contributed by atoms with Crippen molar-refractivity contribution in [2.24, 2.45) is 0 Å². The molecule has 2 heterocycles. The van der Waals surface area contributed by atoms with Gasteiger partial charge in [-0.1, -0.05) is 12.1 Å². The zero-order valence-corrected chi connectivity index (χ0v) is 26.1. The van der Waals surface area contributed by atoms with Crippen molar-refractivity contribution in [1.29, 1.82) is 5.26 Å². The van der Waals surface area contributed by atoms with Gasteiger partial charge < -0.3 is 14.4 Å². The number of amides is 1. The van der Waals surface area contributed by atoms with Crippen molar-refractivity contribution in [3.63, 3.8) is 0 Å². The number of hydrogen-bond donors (Lipinski definition) is 0. The largest absolute Gasteiger partial charge is 0.416 e. The van der Waals surface area contributed by atoms with Gasteiger partial charge in [0.15, 0.2) is 5.79 Å². The molecule has 1 aromatic heterocycles. The number of ether oxygens (including phenoxy) is 2. The summed E-state index contributed by atoms with van der Waals surface area (Å²) in [4.78, 5) is 16.2. The number of alkyl halides is 6. The monoisotopic (exact) mass is 666 g/mol. The second-order valence-electron chi connectivity index (χ2n) is 11.9. The van der Waals surface area contributed by atoms with Crippen molar-refractivity contribution in [1.82, 2.24) is 0 Å². The molecule has 46 heavy (non-hydrogen) atoms. The smallest absolute Gasteiger partial charge is 0.347 e. The Morgan fingerprint density at radius 1 is 0.957 bits per heavy atom. The molecular formula is C33H29F7N2O3S. The highest BCUT2D eigenvalue weighted by Gasteiger charge is 2.43. The summed E-state index contributed by atoms with van der Waals surface area (Å²) in [5, 5.41) is 10.4. The van der Waals surface area contributed by atoms with E-state index in [0.717, 1.165) is 10.5 Å². The average Bonchev–Trinajstić information content (AvgIpc) is 3.60. The first-order valence-electron chi connectivity index (χ1n) is 14.3. The first-order valence-corrected chi connectivity index (χ1v) is 15.1. The lowest BCUT2D eigenvalue weighted by Gasteiger charge is -2.31. The van der Waals surface area contributed by atoms with Gasteiger partial charge in [-0.3, -0.25) is 4.79 Å². The van der Waals surface area contributed by atoms with E-state index in [-0.39, 0.29) is 17.3 Å². The van der Waals surface area contributed by atoms with E-state index >= 15 is 0 Å². The summed E-state index contributed by atoms with van der Waals surface area (Å²) in [6.45, 7) is 5.04. The lowest BCUT2D eigenvalue weighted by atomic mass is 9.81. The number of benzene rings is 2. The minimum Gasteiger partial charge on any atom is -0.347 e. The van der Waals surface area contributed by atoms with Gasteiger partial charge in [0.1, 0.15) is 11.9 Å². The summed E-state index contributed by atoms with van der Waals surface area (Å²) in [6, 6.07) is 7.26. The zero-order chi connectivity index (χ0) is 33.8. The molecule has 2 aliphatic rings. The van der Waals surface area contributed by atoms with E-state index in [9.17, 15) is 40.8 Å². The quantitative estimate of drug-likeness (QED) is 0.255. The van der Waals surface area contributed by atoms with E-state index in [0.29, 0.717) is 65.5 Å². The first-order chi connectivity index (χ1) is 21.4. The summed E-state index contributed by atoms with van der Waals surface area (Å²) in [5.41, 5.74) is -3.48. The molecule has 0 saturated carbocycles. The van der Waals surface area contributed by atoms with Gasteiger partial charge in [-0.25, -0.2) is 4.39 Å². The second-order valence-corrected chi connectivity index (χ2v) is 12.9. The Labute approximate surface area is 264 Å². The van der Waals surface area contributed by atoms with Crippen LogP contribution < -0.4 is 4.90 Å². The van der Waals surface area contributed by atoms with Crippen molar-refractivity contribution in [3.05, 3.63) is 81.0 Å². The Kier molecular flexibility index (Phi) is 8.64. The third kappa shape index (κ3) is 6.18. The number of hydrogen-bond acceptors (Lipinski definition) is 5. The van der Waals surface area contributed by atoms with Gasteiger partial charge in [-0.2, -0.15) is 31.6 Å². The number of carbonyl (C=O) groups is 1. The standard InChI is InChI=1S/C33H29F7N2O3S/c1-18-13-23(34)5-6-24(18)28-26(25(17-41)27(46-28)19-7-9-31(10-8-19)44-11-12-45-31)42(4)29(43)30(2,3)20-14-21(32(35,36)37)16-22(15-20)33(38,39)40/h5-7,13-16H,8-12H2,1-4H3. The Hall–Kier alpha value is -3.73. The summed E-state index contributed by atoms with van der Waals surface area (Å²) >= 11 is 1.20. The fraction of sp³-hybridized carbons (Fsp3) is 0.394. The summed E-state index contributed by atoms with van der Waals surface area (Å²) in [7, 11) is 1.32. The highest BCUT2D eigenvalue weighted by atomic mass is 32.1. The molecule has 0 unspecified atom stereocenters. The summed E-state index contributed by atoms with van der Waals surface area (Å²) in [5.74, 6) is -2.11. The molecule has 1 aliphatic heterocycles. The number of rotatable bonds is 5. The van der Waals surface area contributed by atoms with Crippen molar-refractivity contribution >= 4 is 28.5 Å². The van der Waals surface area contributed by atoms with Crippen molar-refractivity contribution < 1.29 is 45.0 Å². The fourth-order valence-corrected chi connectivity index (χ4v) is 7.31. The molecule has 1 spiro atoms. The number of anilines is 1. The third-order valence-electron chi connectivity index (χ3n) is 8.45. The van der Waals surface area contributed by atoms with Crippen LogP contribution in [-0.2, 0) is 32.0 Å². The number of nitrogens with zero attached hydrogens (tertiary/aromatic N) is 2. The van der Waals surface area contributed by atoms with Gasteiger partial charge in [-0.15, -0.1) is 11.3 Å². The Morgan fingerprint density at radius 2 is 1.54 bits per heavy atom. The van der Waals surface area contributed by atoms with Crippen LogP contribution in [0.15, 0.2) is 42.5 Å². The number of likely N-dealkylation sites (N-methyl/N-ethyl adjacent to an activating group) is 1. The lowest BCUT2D eigenvalue weighted by Crippen LogP contribution is -2.42. The Morgan fingerprint density at radius 3 is 2.04 bits per heavy atom. The summed E-state index contributed by atoms with van der Waals surface area (Å²) < 4.78 is 108. The molecular weight excluding hydrogens is 637 g/mol. The lowest BCUT2D eigenvalue weighted by molar-refractivity contribution is -0.159. The topological polar surface area (TPSA) is 62.6 Å². The zero-order valence-electron chi connectivity index (χ0n) is 25.3. The minimum atomic E-state index is -5.11. The third-order valence-corrected chi connectivity index (χ3v) is 9.74. The average molecular weight is 667 g/mol. The van der Waals surface area contributed by atoms with Crippen LogP contribution >= 0.6 is 11.3 Å². The SMILES string of the molecule is Cc1cc(F)ccc1-c1sc(C2=CCC3(CC2)OCCO3)c(C#N)c1N(C)C(=O)C(C)(C)c1cc(C(F)(F)F)cc(C(F)(F)F)c1. The van der Waals surface area contributed by atoms with Crippen LogP contribution in [0.4, 0.5) is 36.4 Å². The van der Waals surface area contributed by atoms with Crippen LogP contribution in [0.25, 0.3) is 16.0 Å². The van der Waals surface area contributed by atoms with Gasteiger partial charge in [0, 0.05) is 19.9 Å². The normalized spacial score (nSPS) is 16.8. The van der Waals surface area contributed by atoms with Crippen LogP contribution in [-0.4, -0.2) is 32.0 Å². The van der Waals surface area contributed by atoms with Gasteiger partial charge >= 0.3 is 12.4 Å². The molecule has 5 nitrogen and oxygen atoms in total. The van der Waals surface area contributed by atoms with Crippen molar-refractivity contribution in [2.45, 2.75) is 63.6 Å². The molecule has 3 aromatic rings. The molecule has 0 radical (unpaired) electrons. The van der Waals surface area contributed by atoms with Gasteiger partial charge in [0.25, 0.3) is 0 Å². The highest BCUT2D eigenvalue weighted by molar-refractivity contribution is 7.17. The number of carbonyl (C=O) groups excluding carboxylic acids is 1. The van der Waals surface area contributed by atoms with Crippen LogP contribution in [0.1, 0.15) is 65.8 Å². The van der Waals surface area contributed by atoms with E-state index < -0.39 is 52.0 Å². The molecule has 0 bridgehead atoms. The maximum Gasteiger partial charge on any atom is 0.416 e. The van der Waals surface area contributed by atoms with Gasteiger partial charge in [0.2, 0.25) is 5.91 Å². The van der Waals surface area contributed by atoms with Gasteiger partial charge in [0.05, 0.1) is 50.8 Å². The molecule has 0 atom stereocenters. The molecule has 1 fully saturated rings. The number of nitriles is 1. The number of halogens is 7. The van der Waals surface area contributed by atoms with Crippen LogP contribution in [0.3, 0.4) is 0 Å². The number of allylic oxidation sites excluding steroid dienone is 1. The van der Waals surface area contributed by atoms with E-state index in [1.54, 1.807) is 6.92 Å². The van der Waals surface area contributed by atoms with Gasteiger partial charge in [-0.05, 0) is 79.8 Å². The number of thiophene rings is 1. The van der Waals surface area contributed by atoms with Crippen LogP contribution in [0, 0.1) is 24.1 Å². The predicted molar refractivity (Wildman–Crippen MR) is 159 cm³/mol. The van der Waals surface area contributed by atoms with E-state index in [2.05, 4.69) is 6.07 Å².